The summed E-state index contributed by atoms with van der Waals surface area (Å²) in [4.78, 5) is 0. The van der Waals surface area contributed by atoms with Crippen molar-refractivity contribution >= 4 is 27.5 Å². The molecule has 0 saturated heterocycles. The van der Waals surface area contributed by atoms with E-state index in [1.807, 2.05) is 0 Å². The van der Waals surface area contributed by atoms with Crippen LogP contribution in [-0.4, -0.2) is 0 Å². The molecule has 0 amide bonds. The maximum absolute atomic E-state index is 13.7. The zero-order chi connectivity index (χ0) is 11.1. The van der Waals surface area contributed by atoms with Crippen LogP contribution in [0.1, 0.15) is 24.8 Å². The molecule has 0 N–H and O–H groups in total. The number of benzene rings is 1. The van der Waals surface area contributed by atoms with Crippen LogP contribution in [0.3, 0.4) is 0 Å². The van der Waals surface area contributed by atoms with E-state index in [-0.39, 0.29) is 5.82 Å². The molecule has 0 aliphatic heterocycles. The first-order valence-corrected chi connectivity index (χ1v) is 5.82. The van der Waals surface area contributed by atoms with Crippen LogP contribution in [-0.2, 0) is 5.41 Å². The van der Waals surface area contributed by atoms with Crippen molar-refractivity contribution in [2.75, 3.05) is 0 Å². The van der Waals surface area contributed by atoms with Crippen molar-refractivity contribution in [3.8, 4) is 6.07 Å². The summed E-state index contributed by atoms with van der Waals surface area (Å²) in [5.74, 6) is -0.354. The highest BCUT2D eigenvalue weighted by atomic mass is 79.9. The van der Waals surface area contributed by atoms with Crippen molar-refractivity contribution in [2.24, 2.45) is 0 Å². The summed E-state index contributed by atoms with van der Waals surface area (Å²) >= 11 is 9.06. The van der Waals surface area contributed by atoms with Gasteiger partial charge in [0.1, 0.15) is 5.82 Å². The van der Waals surface area contributed by atoms with Crippen molar-refractivity contribution in [1.29, 1.82) is 5.26 Å². The number of rotatable bonds is 1. The van der Waals surface area contributed by atoms with Crippen LogP contribution in [0.15, 0.2) is 16.6 Å². The second kappa shape index (κ2) is 3.77. The molecule has 0 bridgehead atoms. The zero-order valence-corrected chi connectivity index (χ0v) is 10.2. The third-order valence-corrected chi connectivity index (χ3v) is 4.14. The number of hydrogen-bond donors (Lipinski definition) is 0. The Morgan fingerprint density at radius 3 is 2.60 bits per heavy atom. The molecular weight excluding hydrogens is 280 g/mol. The molecular formula is C11H8BrClFN. The second-order valence-corrected chi connectivity index (χ2v) is 5.06. The summed E-state index contributed by atoms with van der Waals surface area (Å²) < 4.78 is 14.2. The van der Waals surface area contributed by atoms with E-state index in [0.717, 1.165) is 19.3 Å². The van der Waals surface area contributed by atoms with E-state index >= 15 is 0 Å². The van der Waals surface area contributed by atoms with Crippen LogP contribution in [0.25, 0.3) is 0 Å². The molecule has 0 aromatic heterocycles. The van der Waals surface area contributed by atoms with Gasteiger partial charge in [0.05, 0.1) is 16.5 Å². The number of nitrogens with zero attached hydrogens (tertiary/aromatic N) is 1. The van der Waals surface area contributed by atoms with E-state index in [0.29, 0.717) is 15.1 Å². The topological polar surface area (TPSA) is 23.8 Å². The molecule has 4 heteroatoms. The van der Waals surface area contributed by atoms with Crippen molar-refractivity contribution in [3.05, 3.63) is 33.0 Å². The molecule has 2 rings (SSSR count). The largest absolute Gasteiger partial charge is 0.207 e. The molecule has 1 nitrogen and oxygen atoms in total. The molecule has 15 heavy (non-hydrogen) atoms. The lowest BCUT2D eigenvalue weighted by molar-refractivity contribution is 0.313. The van der Waals surface area contributed by atoms with Gasteiger partial charge in [-0.1, -0.05) is 11.6 Å². The number of hydrogen-bond acceptors (Lipinski definition) is 1. The normalized spacial score (nSPS) is 18.0. The van der Waals surface area contributed by atoms with E-state index in [4.69, 9.17) is 16.9 Å². The van der Waals surface area contributed by atoms with Gasteiger partial charge in [-0.05, 0) is 47.3 Å². The van der Waals surface area contributed by atoms with Gasteiger partial charge in [0.25, 0.3) is 0 Å². The van der Waals surface area contributed by atoms with Crippen molar-refractivity contribution in [1.82, 2.24) is 0 Å². The molecule has 0 unspecified atom stereocenters. The predicted molar refractivity (Wildman–Crippen MR) is 60.3 cm³/mol. The van der Waals surface area contributed by atoms with E-state index in [1.54, 1.807) is 6.07 Å². The van der Waals surface area contributed by atoms with Crippen LogP contribution in [0.4, 0.5) is 4.39 Å². The van der Waals surface area contributed by atoms with E-state index < -0.39 is 5.41 Å². The Morgan fingerprint density at radius 1 is 1.47 bits per heavy atom. The highest BCUT2D eigenvalue weighted by Crippen LogP contribution is 2.45. The van der Waals surface area contributed by atoms with Crippen LogP contribution in [0, 0.1) is 17.1 Å². The van der Waals surface area contributed by atoms with Gasteiger partial charge in [0.2, 0.25) is 0 Å². The zero-order valence-electron chi connectivity index (χ0n) is 7.86. The first-order chi connectivity index (χ1) is 7.09. The molecule has 1 aromatic rings. The molecule has 78 valence electrons. The monoisotopic (exact) mass is 287 g/mol. The Bertz CT molecular complexity index is 449. The Labute approximate surface area is 101 Å². The highest BCUT2D eigenvalue weighted by molar-refractivity contribution is 9.10. The molecule has 1 saturated carbocycles. The second-order valence-electron chi connectivity index (χ2n) is 3.79. The minimum absolute atomic E-state index is 0.354. The molecule has 1 fully saturated rings. The Kier molecular flexibility index (Phi) is 2.74. The lowest BCUT2D eigenvalue weighted by atomic mass is 9.65. The lowest BCUT2D eigenvalue weighted by Gasteiger charge is -2.35. The van der Waals surface area contributed by atoms with Gasteiger partial charge in [-0.2, -0.15) is 5.26 Å². The average Bonchev–Trinajstić information content (AvgIpc) is 2.12. The molecule has 1 aromatic carbocycles. The Morgan fingerprint density at radius 2 is 2.13 bits per heavy atom. The smallest absolute Gasteiger partial charge is 0.129 e. The quantitative estimate of drug-likeness (QED) is 0.711. The SMILES string of the molecule is N#CC1(c2cc(Cl)c(Br)cc2F)CCC1. The van der Waals surface area contributed by atoms with Gasteiger partial charge in [0.15, 0.2) is 0 Å². The number of halogens is 3. The van der Waals surface area contributed by atoms with Crippen LogP contribution >= 0.6 is 27.5 Å². The predicted octanol–water partition coefficient (Wildman–Crippen LogP) is 4.19. The summed E-state index contributed by atoms with van der Waals surface area (Å²) in [5.41, 5.74) is -0.210. The van der Waals surface area contributed by atoms with E-state index in [1.165, 1.54) is 6.07 Å². The summed E-state index contributed by atoms with van der Waals surface area (Å²) in [5, 5.41) is 9.55. The minimum atomic E-state index is -0.644. The fourth-order valence-corrected chi connectivity index (χ4v) is 2.34. The third kappa shape index (κ3) is 1.66. The molecule has 1 aliphatic carbocycles. The van der Waals surface area contributed by atoms with E-state index in [9.17, 15) is 4.39 Å². The first kappa shape index (κ1) is 10.9. The maximum Gasteiger partial charge on any atom is 0.129 e. The third-order valence-electron chi connectivity index (χ3n) is 2.95. The van der Waals surface area contributed by atoms with Crippen molar-refractivity contribution < 1.29 is 4.39 Å². The van der Waals surface area contributed by atoms with Crippen LogP contribution in [0.5, 0.6) is 0 Å². The van der Waals surface area contributed by atoms with Crippen molar-refractivity contribution in [2.45, 2.75) is 24.7 Å². The molecule has 1 aliphatic rings. The van der Waals surface area contributed by atoms with Gasteiger partial charge in [-0.15, -0.1) is 0 Å². The van der Waals surface area contributed by atoms with Gasteiger partial charge in [0, 0.05) is 10.0 Å². The van der Waals surface area contributed by atoms with E-state index in [2.05, 4.69) is 22.0 Å². The van der Waals surface area contributed by atoms with Crippen LogP contribution < -0.4 is 0 Å². The van der Waals surface area contributed by atoms with Gasteiger partial charge in [-0.3, -0.25) is 0 Å². The Balaban J connectivity index is 2.54. The van der Waals surface area contributed by atoms with Crippen LogP contribution in [0.2, 0.25) is 5.02 Å². The molecule has 0 spiro atoms. The molecule has 0 radical (unpaired) electrons. The molecule has 0 heterocycles. The standard InChI is InChI=1S/C11H8BrClFN/c12-8-5-10(14)7(4-9(8)13)11(6-15)2-1-3-11/h4-5H,1-3H2. The fraction of sp³-hybridized carbons (Fsp3) is 0.364. The summed E-state index contributed by atoms with van der Waals surface area (Å²) in [7, 11) is 0. The maximum atomic E-state index is 13.7. The number of nitriles is 1. The van der Waals surface area contributed by atoms with Gasteiger partial charge < -0.3 is 0 Å². The lowest BCUT2D eigenvalue weighted by Crippen LogP contribution is -2.33. The summed E-state index contributed by atoms with van der Waals surface area (Å²) in [6.07, 6.45) is 2.41. The molecule has 0 atom stereocenters. The first-order valence-electron chi connectivity index (χ1n) is 4.65. The minimum Gasteiger partial charge on any atom is -0.207 e. The highest BCUT2D eigenvalue weighted by Gasteiger charge is 2.41. The van der Waals surface area contributed by atoms with Crippen molar-refractivity contribution in [3.63, 3.8) is 0 Å². The summed E-state index contributed by atoms with van der Waals surface area (Å²) in [6, 6.07) is 5.09. The van der Waals surface area contributed by atoms with Gasteiger partial charge in [-0.25, -0.2) is 4.39 Å². The fourth-order valence-electron chi connectivity index (χ4n) is 1.86. The van der Waals surface area contributed by atoms with Gasteiger partial charge >= 0.3 is 0 Å². The summed E-state index contributed by atoms with van der Waals surface area (Å²) in [6.45, 7) is 0. The average molecular weight is 289 g/mol. The Hall–Kier alpha value is -0.590.